The molecule has 85 heavy (non-hydrogen) atoms. The van der Waals surface area contributed by atoms with Crippen LogP contribution in [0.1, 0.15) is 346 Å². The summed E-state index contributed by atoms with van der Waals surface area (Å²) in [5.74, 6) is 0. The minimum atomic E-state index is 0.500. The molecule has 0 saturated heterocycles. The average molecular weight is 1210 g/mol. The van der Waals surface area contributed by atoms with Gasteiger partial charge in [-0.2, -0.15) is 10.2 Å². The number of benzene rings is 1. The maximum absolute atomic E-state index is 3.78. The molecule has 0 aliphatic carbocycles. The van der Waals surface area contributed by atoms with E-state index in [0.29, 0.717) is 27.1 Å². The van der Waals surface area contributed by atoms with E-state index in [1.165, 1.54) is 6.33 Å². The molecule has 0 N–H and O–H groups in total. The number of aromatic nitrogens is 7. The molecule has 0 unspecified atom stereocenters. The summed E-state index contributed by atoms with van der Waals surface area (Å²) in [5, 5.41) is 7.07. The van der Waals surface area contributed by atoms with Crippen molar-refractivity contribution in [3.63, 3.8) is 0 Å². The molecular formula is C78H173N7. The lowest BCUT2D eigenvalue weighted by atomic mass is 10.0. The third-order valence-electron chi connectivity index (χ3n) is 2.67. The fraction of sp³-hybridized carbons (Fsp3) is 0.705. The maximum Gasteiger partial charge on any atom is 0.115 e. The number of hydrogen-bond donors (Lipinski definition) is 0. The lowest BCUT2D eigenvalue weighted by Gasteiger charge is -2.05. The summed E-state index contributed by atoms with van der Waals surface area (Å²) >= 11 is 0. The van der Waals surface area contributed by atoms with Crippen LogP contribution in [0.4, 0.5) is 0 Å². The zero-order valence-electron chi connectivity index (χ0n) is 68.9. The van der Waals surface area contributed by atoms with Crippen molar-refractivity contribution < 1.29 is 0 Å². The van der Waals surface area contributed by atoms with Gasteiger partial charge in [0, 0.05) is 62.0 Å². The summed E-state index contributed by atoms with van der Waals surface area (Å²) in [4.78, 5) is 18.6. The van der Waals surface area contributed by atoms with E-state index in [9.17, 15) is 0 Å². The van der Waals surface area contributed by atoms with Crippen molar-refractivity contribution in [1.29, 1.82) is 0 Å². The van der Waals surface area contributed by atoms with Gasteiger partial charge in [-0.25, -0.2) is 9.97 Å². The lowest BCUT2D eigenvalue weighted by molar-refractivity contribution is 0.469. The van der Waals surface area contributed by atoms with Gasteiger partial charge in [0.1, 0.15) is 6.33 Å². The Hall–Kier alpha value is -4.39. The first kappa shape index (κ1) is 139. The van der Waals surface area contributed by atoms with Crippen LogP contribution in [-0.4, -0.2) is 35.1 Å². The van der Waals surface area contributed by atoms with Gasteiger partial charge in [0.2, 0.25) is 0 Å². The van der Waals surface area contributed by atoms with Crippen molar-refractivity contribution in [2.75, 3.05) is 0 Å². The fourth-order valence-electron chi connectivity index (χ4n) is 1.46. The molecule has 0 saturated carbocycles. The Kier molecular flexibility index (Phi) is 260. The summed E-state index contributed by atoms with van der Waals surface area (Å²) in [6, 6.07) is 23.1. The highest BCUT2D eigenvalue weighted by atomic mass is 15.1. The van der Waals surface area contributed by atoms with Gasteiger partial charge in [0.15, 0.2) is 0 Å². The minimum Gasteiger partial charge on any atom is -0.265 e. The number of hydrogen-bond acceptors (Lipinski definition) is 7. The smallest absolute Gasteiger partial charge is 0.115 e. The van der Waals surface area contributed by atoms with Gasteiger partial charge in [-0.3, -0.25) is 15.0 Å². The van der Waals surface area contributed by atoms with Gasteiger partial charge in [0.05, 0.1) is 0 Å². The molecule has 5 rings (SSSR count). The van der Waals surface area contributed by atoms with Gasteiger partial charge in [0.25, 0.3) is 0 Å². The molecule has 5 aromatic rings. The SMILES string of the molecule is CC.CC.CC.CC.CC.CC.CC.CC.CC.CC.CC.CC.CC.CC.CC.CC(C)(C)C.CC(C)(C)C.CC(C)(C)C.CC(C)(C)C.CC(C)(C)C.c1ccccc1.c1ccncc1.c1ccnnc1.c1cnccn1.c1cncnc1. The zero-order valence-corrected chi connectivity index (χ0v) is 68.9. The molecule has 0 atom stereocenters. The Bertz CT molecular complexity index is 910. The van der Waals surface area contributed by atoms with Crippen LogP contribution in [0.5, 0.6) is 0 Å². The summed E-state index contributed by atoms with van der Waals surface area (Å²) in [6.45, 7) is 104. The summed E-state index contributed by atoms with van der Waals surface area (Å²) in [5.41, 5.74) is 2.50. The second kappa shape index (κ2) is 159. The van der Waals surface area contributed by atoms with Gasteiger partial charge >= 0.3 is 0 Å². The Balaban J connectivity index is -0.0000000293. The Morgan fingerprint density at radius 2 is 0.259 bits per heavy atom. The molecule has 0 fully saturated rings. The van der Waals surface area contributed by atoms with Crippen molar-refractivity contribution in [2.45, 2.75) is 346 Å². The van der Waals surface area contributed by atoms with E-state index in [2.05, 4.69) is 174 Å². The van der Waals surface area contributed by atoms with Gasteiger partial charge in [-0.15, -0.1) is 0 Å². The summed E-state index contributed by atoms with van der Waals surface area (Å²) in [6.07, 6.45) is 18.2. The van der Waals surface area contributed by atoms with Crippen molar-refractivity contribution in [3.8, 4) is 0 Å². The predicted molar refractivity (Wildman–Crippen MR) is 413 cm³/mol. The predicted octanol–water partition coefficient (Wildman–Crippen LogP) is 29.9. The highest BCUT2D eigenvalue weighted by Crippen LogP contribution is 2.10. The first-order valence-electron chi connectivity index (χ1n) is 34.0. The largest absolute Gasteiger partial charge is 0.265 e. The van der Waals surface area contributed by atoms with Crippen molar-refractivity contribution in [3.05, 3.63) is 141 Å². The maximum atomic E-state index is 3.78. The van der Waals surface area contributed by atoms with E-state index in [1.807, 2.05) is 274 Å². The molecule has 0 aliphatic rings. The highest BCUT2D eigenvalue weighted by Gasteiger charge is 1.97. The van der Waals surface area contributed by atoms with Crippen LogP contribution >= 0.6 is 0 Å². The molecule has 0 radical (unpaired) electrons. The topological polar surface area (TPSA) is 90.2 Å². The number of pyridine rings is 1. The molecule has 4 heterocycles. The van der Waals surface area contributed by atoms with Gasteiger partial charge in [-0.1, -0.05) is 389 Å². The Morgan fingerprint density at radius 3 is 0.318 bits per heavy atom. The van der Waals surface area contributed by atoms with Crippen LogP contribution in [0.2, 0.25) is 0 Å². The molecule has 4 aromatic heterocycles. The van der Waals surface area contributed by atoms with Crippen molar-refractivity contribution in [2.24, 2.45) is 27.1 Å². The third kappa shape index (κ3) is 731. The van der Waals surface area contributed by atoms with Crippen molar-refractivity contribution in [1.82, 2.24) is 35.1 Å². The minimum absolute atomic E-state index is 0.500. The van der Waals surface area contributed by atoms with Gasteiger partial charge < -0.3 is 0 Å². The first-order chi connectivity index (χ1) is 40.0. The van der Waals surface area contributed by atoms with Crippen LogP contribution in [0.25, 0.3) is 0 Å². The van der Waals surface area contributed by atoms with Crippen LogP contribution in [-0.2, 0) is 0 Å². The third-order valence-corrected chi connectivity index (χ3v) is 2.67. The lowest BCUT2D eigenvalue weighted by Crippen LogP contribution is -1.93. The first-order valence-corrected chi connectivity index (χ1v) is 34.0. The zero-order chi connectivity index (χ0) is 73.7. The van der Waals surface area contributed by atoms with Crippen LogP contribution in [0.15, 0.2) is 141 Å². The van der Waals surface area contributed by atoms with Crippen LogP contribution in [0, 0.1) is 27.1 Å². The molecule has 0 aliphatic heterocycles. The van der Waals surface area contributed by atoms with E-state index in [0.717, 1.165) is 0 Å². The van der Waals surface area contributed by atoms with Crippen LogP contribution < -0.4 is 0 Å². The molecule has 7 heteroatoms. The van der Waals surface area contributed by atoms with Gasteiger partial charge in [-0.05, 0) is 57.4 Å². The summed E-state index contributed by atoms with van der Waals surface area (Å²) in [7, 11) is 0. The second-order valence-electron chi connectivity index (χ2n) is 19.9. The normalized spacial score (nSPS) is 7.41. The van der Waals surface area contributed by atoms with E-state index < -0.39 is 0 Å². The van der Waals surface area contributed by atoms with E-state index in [-0.39, 0.29) is 0 Å². The molecule has 1 aromatic carbocycles. The molecule has 520 valence electrons. The molecule has 0 amide bonds. The molecule has 0 spiro atoms. The average Bonchev–Trinajstić information content (AvgIpc) is 3.53. The number of nitrogens with zero attached hydrogens (tertiary/aromatic N) is 7. The monoisotopic (exact) mass is 1210 g/mol. The summed E-state index contributed by atoms with van der Waals surface area (Å²) < 4.78 is 0. The highest BCUT2D eigenvalue weighted by molar-refractivity contribution is 4.99. The number of rotatable bonds is 0. The van der Waals surface area contributed by atoms with E-state index in [4.69, 9.17) is 0 Å². The quantitative estimate of drug-likeness (QED) is 0.153. The molecule has 7 nitrogen and oxygen atoms in total. The molecular weight excluding hydrogens is 1030 g/mol. The van der Waals surface area contributed by atoms with E-state index >= 15 is 0 Å². The second-order valence-corrected chi connectivity index (χ2v) is 19.9. The molecule has 0 bridgehead atoms. The standard InChI is InChI=1S/C6H6.C5H5N.5C5H12.3C4H4N2.15C2H6/c2*1-2-4-6-5-3-1;5*1-5(2,3)4;1-2-6-4-3-5-1;1-2-5-4-6-3-1;1-2-4-6-5-3-1;15*1-2/h1-6H;1-5H;5*1-4H3;3*1-4H;15*1-2H3. The van der Waals surface area contributed by atoms with E-state index in [1.54, 1.807) is 68.0 Å². The van der Waals surface area contributed by atoms with Crippen molar-refractivity contribution >= 4 is 0 Å². The Morgan fingerprint density at radius 1 is 0.141 bits per heavy atom. The Labute approximate surface area is 546 Å². The fourth-order valence-corrected chi connectivity index (χ4v) is 1.46. The van der Waals surface area contributed by atoms with Crippen LogP contribution in [0.3, 0.4) is 0 Å².